The molecular weight excluding hydrogens is 266 g/mol. The predicted molar refractivity (Wildman–Crippen MR) is 70.0 cm³/mol. The summed E-state index contributed by atoms with van der Waals surface area (Å²) >= 11 is 3.51. The highest BCUT2D eigenvalue weighted by molar-refractivity contribution is 9.10. The lowest BCUT2D eigenvalue weighted by molar-refractivity contribution is 0.306. The van der Waals surface area contributed by atoms with Gasteiger partial charge in [0.2, 0.25) is 0 Å². The largest absolute Gasteiger partial charge is 0.492 e. The number of ether oxygens (including phenoxy) is 1. The Morgan fingerprint density at radius 3 is 2.94 bits per heavy atom. The van der Waals surface area contributed by atoms with Crippen molar-refractivity contribution >= 4 is 15.9 Å². The summed E-state index contributed by atoms with van der Waals surface area (Å²) in [4.78, 5) is 0. The molecule has 0 aromatic heterocycles. The maximum atomic E-state index is 5.71. The lowest BCUT2D eigenvalue weighted by Crippen LogP contribution is -2.19. The monoisotopic (exact) mass is 283 g/mol. The maximum Gasteiger partial charge on any atom is 0.133 e. The Kier molecular flexibility index (Phi) is 4.24. The molecule has 0 unspecified atom stereocenters. The molecule has 0 aliphatic heterocycles. The molecule has 0 atom stereocenters. The van der Waals surface area contributed by atoms with Crippen LogP contribution >= 0.6 is 15.9 Å². The van der Waals surface area contributed by atoms with Crippen LogP contribution in [0.25, 0.3) is 0 Å². The molecule has 0 heterocycles. The summed E-state index contributed by atoms with van der Waals surface area (Å²) in [5.41, 5.74) is 1.25. The molecule has 1 N–H and O–H groups in total. The van der Waals surface area contributed by atoms with Gasteiger partial charge < -0.3 is 10.1 Å². The molecule has 1 aromatic rings. The third-order valence-corrected chi connectivity index (χ3v) is 3.30. The fourth-order valence-corrected chi connectivity index (χ4v) is 2.18. The van der Waals surface area contributed by atoms with Crippen molar-refractivity contribution in [2.24, 2.45) is 0 Å². The van der Waals surface area contributed by atoms with Crippen LogP contribution in [0.4, 0.5) is 0 Å². The summed E-state index contributed by atoms with van der Waals surface area (Å²) in [6, 6.07) is 6.97. The van der Waals surface area contributed by atoms with E-state index in [1.165, 1.54) is 18.4 Å². The van der Waals surface area contributed by atoms with Crippen molar-refractivity contribution < 1.29 is 4.74 Å². The molecule has 0 saturated heterocycles. The van der Waals surface area contributed by atoms with E-state index in [9.17, 15) is 0 Å². The standard InChI is InChI=1S/C13H18BrNO/c1-10-3-6-13(12(14)9-10)16-8-2-7-15-11-4-5-11/h3,6,9,11,15H,2,4-5,7-8H2,1H3. The molecule has 16 heavy (non-hydrogen) atoms. The van der Waals surface area contributed by atoms with Gasteiger partial charge in [0, 0.05) is 6.04 Å². The number of rotatable bonds is 6. The van der Waals surface area contributed by atoms with E-state index in [1.54, 1.807) is 0 Å². The van der Waals surface area contributed by atoms with Crippen molar-refractivity contribution in [2.75, 3.05) is 13.2 Å². The van der Waals surface area contributed by atoms with Crippen molar-refractivity contribution in [1.29, 1.82) is 0 Å². The number of halogens is 1. The van der Waals surface area contributed by atoms with Crippen molar-refractivity contribution in [3.63, 3.8) is 0 Å². The summed E-state index contributed by atoms with van der Waals surface area (Å²) in [6.45, 7) is 3.92. The zero-order valence-corrected chi connectivity index (χ0v) is 11.2. The molecule has 1 aliphatic rings. The van der Waals surface area contributed by atoms with Gasteiger partial charge in [-0.2, -0.15) is 0 Å². The van der Waals surface area contributed by atoms with Gasteiger partial charge in [-0.3, -0.25) is 0 Å². The Morgan fingerprint density at radius 1 is 1.44 bits per heavy atom. The van der Waals surface area contributed by atoms with E-state index < -0.39 is 0 Å². The van der Waals surface area contributed by atoms with Gasteiger partial charge in [-0.1, -0.05) is 6.07 Å². The minimum atomic E-state index is 0.779. The quantitative estimate of drug-likeness (QED) is 0.809. The first-order valence-corrected chi connectivity index (χ1v) is 6.67. The SMILES string of the molecule is Cc1ccc(OCCCNC2CC2)c(Br)c1. The van der Waals surface area contributed by atoms with Gasteiger partial charge in [-0.15, -0.1) is 0 Å². The topological polar surface area (TPSA) is 21.3 Å². The predicted octanol–water partition coefficient (Wildman–Crippen LogP) is 3.28. The fourth-order valence-electron chi connectivity index (χ4n) is 1.57. The van der Waals surface area contributed by atoms with E-state index in [0.29, 0.717) is 0 Å². The minimum Gasteiger partial charge on any atom is -0.492 e. The number of aryl methyl sites for hydroxylation is 1. The second-order valence-corrected chi connectivity index (χ2v) is 5.22. The average molecular weight is 284 g/mol. The molecule has 2 nitrogen and oxygen atoms in total. The molecule has 1 fully saturated rings. The van der Waals surface area contributed by atoms with E-state index in [1.807, 2.05) is 6.07 Å². The molecule has 1 aliphatic carbocycles. The van der Waals surface area contributed by atoms with Crippen LogP contribution in [0.1, 0.15) is 24.8 Å². The van der Waals surface area contributed by atoms with Gasteiger partial charge >= 0.3 is 0 Å². The van der Waals surface area contributed by atoms with Crippen LogP contribution < -0.4 is 10.1 Å². The summed E-state index contributed by atoms with van der Waals surface area (Å²) in [6.07, 6.45) is 3.77. The van der Waals surface area contributed by atoms with Crippen molar-refractivity contribution in [3.8, 4) is 5.75 Å². The van der Waals surface area contributed by atoms with Crippen molar-refractivity contribution in [2.45, 2.75) is 32.2 Å². The molecule has 0 radical (unpaired) electrons. The van der Waals surface area contributed by atoms with E-state index in [-0.39, 0.29) is 0 Å². The van der Waals surface area contributed by atoms with Gasteiger partial charge in [-0.05, 0) is 66.4 Å². The van der Waals surface area contributed by atoms with Crippen LogP contribution in [0.3, 0.4) is 0 Å². The first-order chi connectivity index (χ1) is 7.75. The van der Waals surface area contributed by atoms with Gasteiger partial charge in [0.05, 0.1) is 11.1 Å². The van der Waals surface area contributed by atoms with E-state index in [4.69, 9.17) is 4.74 Å². The highest BCUT2D eigenvalue weighted by Gasteiger charge is 2.19. The minimum absolute atomic E-state index is 0.779. The Morgan fingerprint density at radius 2 is 2.25 bits per heavy atom. The van der Waals surface area contributed by atoms with Gasteiger partial charge in [0.15, 0.2) is 0 Å². The number of nitrogens with one attached hydrogen (secondary N) is 1. The van der Waals surface area contributed by atoms with Crippen LogP contribution in [-0.2, 0) is 0 Å². The molecule has 2 rings (SSSR count). The third kappa shape index (κ3) is 3.80. The van der Waals surface area contributed by atoms with Crippen molar-refractivity contribution in [1.82, 2.24) is 5.32 Å². The van der Waals surface area contributed by atoms with Crippen LogP contribution in [0.2, 0.25) is 0 Å². The smallest absolute Gasteiger partial charge is 0.133 e. The lowest BCUT2D eigenvalue weighted by Gasteiger charge is -2.09. The Labute approximate surface area is 106 Å². The number of benzene rings is 1. The van der Waals surface area contributed by atoms with Gasteiger partial charge in [-0.25, -0.2) is 0 Å². The zero-order chi connectivity index (χ0) is 11.4. The molecule has 0 bridgehead atoms. The van der Waals surface area contributed by atoms with Crippen LogP contribution in [-0.4, -0.2) is 19.2 Å². The summed E-state index contributed by atoms with van der Waals surface area (Å²) in [5.74, 6) is 0.942. The molecular formula is C13H18BrNO. The van der Waals surface area contributed by atoms with Gasteiger partial charge in [0.25, 0.3) is 0 Å². The summed E-state index contributed by atoms with van der Waals surface area (Å²) < 4.78 is 6.75. The van der Waals surface area contributed by atoms with Crippen LogP contribution in [0.5, 0.6) is 5.75 Å². The maximum absolute atomic E-state index is 5.71. The normalized spacial score (nSPS) is 15.1. The van der Waals surface area contributed by atoms with E-state index >= 15 is 0 Å². The highest BCUT2D eigenvalue weighted by Crippen LogP contribution is 2.25. The Hall–Kier alpha value is -0.540. The number of hydrogen-bond donors (Lipinski definition) is 1. The number of hydrogen-bond acceptors (Lipinski definition) is 2. The summed E-state index contributed by atoms with van der Waals surface area (Å²) in [7, 11) is 0. The molecule has 0 amide bonds. The second kappa shape index (κ2) is 5.69. The average Bonchev–Trinajstić information content (AvgIpc) is 3.04. The molecule has 1 saturated carbocycles. The summed E-state index contributed by atoms with van der Waals surface area (Å²) in [5, 5.41) is 3.47. The van der Waals surface area contributed by atoms with E-state index in [2.05, 4.69) is 40.3 Å². The molecule has 1 aromatic carbocycles. The first-order valence-electron chi connectivity index (χ1n) is 5.88. The van der Waals surface area contributed by atoms with E-state index in [0.717, 1.165) is 35.8 Å². The Balaban J connectivity index is 1.67. The Bertz CT molecular complexity index is 350. The van der Waals surface area contributed by atoms with Crippen molar-refractivity contribution in [3.05, 3.63) is 28.2 Å². The van der Waals surface area contributed by atoms with Crippen LogP contribution in [0, 0.1) is 6.92 Å². The molecule has 88 valence electrons. The molecule has 0 spiro atoms. The zero-order valence-electron chi connectivity index (χ0n) is 9.63. The fraction of sp³-hybridized carbons (Fsp3) is 0.538. The highest BCUT2D eigenvalue weighted by atomic mass is 79.9. The molecule has 3 heteroatoms. The third-order valence-electron chi connectivity index (χ3n) is 2.68. The van der Waals surface area contributed by atoms with Crippen LogP contribution in [0.15, 0.2) is 22.7 Å². The van der Waals surface area contributed by atoms with Gasteiger partial charge in [0.1, 0.15) is 5.75 Å². The first kappa shape index (κ1) is 11.9. The lowest BCUT2D eigenvalue weighted by atomic mass is 10.2. The second-order valence-electron chi connectivity index (χ2n) is 4.36.